The summed E-state index contributed by atoms with van der Waals surface area (Å²) in [5, 5.41) is 2.89. The molecule has 0 aliphatic rings. The maximum absolute atomic E-state index is 12.5. The quantitative estimate of drug-likeness (QED) is 0.628. The van der Waals surface area contributed by atoms with Gasteiger partial charge in [0.2, 0.25) is 0 Å². The number of amides is 1. The summed E-state index contributed by atoms with van der Waals surface area (Å²) >= 11 is 3.47. The van der Waals surface area contributed by atoms with E-state index in [1.54, 1.807) is 12.1 Å². The average Bonchev–Trinajstić information content (AvgIpc) is 2.59. The molecule has 0 radical (unpaired) electrons. The third-order valence-corrected chi connectivity index (χ3v) is 3.95. The first-order chi connectivity index (χ1) is 12.0. The van der Waals surface area contributed by atoms with Gasteiger partial charge in [0.15, 0.2) is 0 Å². The Labute approximate surface area is 157 Å². The van der Waals surface area contributed by atoms with Gasteiger partial charge in [-0.05, 0) is 58.6 Å². The van der Waals surface area contributed by atoms with Crippen LogP contribution in [0.1, 0.15) is 37.6 Å². The predicted molar refractivity (Wildman–Crippen MR) is 105 cm³/mol. The Kier molecular flexibility index (Phi) is 7.31. The van der Waals surface area contributed by atoms with Crippen molar-refractivity contribution in [3.8, 4) is 11.5 Å². The molecule has 0 atom stereocenters. The highest BCUT2D eigenvalue weighted by Crippen LogP contribution is 2.27. The highest BCUT2D eigenvalue weighted by Gasteiger charge is 2.10. The van der Waals surface area contributed by atoms with Crippen LogP contribution in [-0.2, 0) is 0 Å². The van der Waals surface area contributed by atoms with Crippen molar-refractivity contribution >= 4 is 27.5 Å². The van der Waals surface area contributed by atoms with Crippen molar-refractivity contribution in [3.05, 3.63) is 52.5 Å². The zero-order chi connectivity index (χ0) is 18.2. The van der Waals surface area contributed by atoms with E-state index in [0.717, 1.165) is 22.4 Å². The van der Waals surface area contributed by atoms with Gasteiger partial charge in [-0.1, -0.05) is 26.8 Å². The molecule has 25 heavy (non-hydrogen) atoms. The number of rotatable bonds is 8. The molecule has 0 saturated carbocycles. The smallest absolute Gasteiger partial charge is 0.255 e. The molecule has 0 heterocycles. The van der Waals surface area contributed by atoms with Crippen LogP contribution in [0.3, 0.4) is 0 Å². The maximum Gasteiger partial charge on any atom is 0.255 e. The molecule has 134 valence electrons. The highest BCUT2D eigenvalue weighted by molar-refractivity contribution is 9.10. The first kappa shape index (κ1) is 19.3. The van der Waals surface area contributed by atoms with Gasteiger partial charge in [0, 0.05) is 17.3 Å². The summed E-state index contributed by atoms with van der Waals surface area (Å²) in [6.07, 6.45) is 0.940. The Bertz CT molecular complexity index is 716. The lowest BCUT2D eigenvalue weighted by Gasteiger charge is -2.12. The Morgan fingerprint density at radius 2 is 1.96 bits per heavy atom. The molecule has 0 unspecified atom stereocenters. The summed E-state index contributed by atoms with van der Waals surface area (Å²) in [6, 6.07) is 12.7. The van der Waals surface area contributed by atoms with Gasteiger partial charge >= 0.3 is 0 Å². The van der Waals surface area contributed by atoms with E-state index >= 15 is 0 Å². The molecule has 0 aliphatic heterocycles. The van der Waals surface area contributed by atoms with Crippen molar-refractivity contribution in [3.63, 3.8) is 0 Å². The van der Waals surface area contributed by atoms with E-state index in [4.69, 9.17) is 9.47 Å². The molecule has 0 aromatic heterocycles. The lowest BCUT2D eigenvalue weighted by molar-refractivity contribution is 0.102. The predicted octanol–water partition coefficient (Wildman–Crippen LogP) is 5.53. The van der Waals surface area contributed by atoms with Crippen LogP contribution < -0.4 is 14.8 Å². The summed E-state index contributed by atoms with van der Waals surface area (Å²) < 4.78 is 12.1. The number of ether oxygens (including phenoxy) is 2. The molecule has 2 aromatic carbocycles. The molecule has 1 amide bonds. The number of benzene rings is 2. The molecule has 0 fully saturated rings. The molecular formula is C20H24BrNO3. The number of halogens is 1. The number of carbonyl (C=O) groups excluding carboxylic acids is 1. The third-order valence-electron chi connectivity index (χ3n) is 3.33. The third kappa shape index (κ3) is 6.09. The second-order valence-electron chi connectivity index (χ2n) is 6.18. The topological polar surface area (TPSA) is 47.6 Å². The zero-order valence-corrected chi connectivity index (χ0v) is 16.4. The Balaban J connectivity index is 2.04. The summed E-state index contributed by atoms with van der Waals surface area (Å²) in [7, 11) is 0. The molecule has 0 spiro atoms. The molecular weight excluding hydrogens is 382 g/mol. The highest BCUT2D eigenvalue weighted by atomic mass is 79.9. The second kappa shape index (κ2) is 9.47. The maximum atomic E-state index is 12.5. The van der Waals surface area contributed by atoms with Crippen molar-refractivity contribution < 1.29 is 14.3 Å². The van der Waals surface area contributed by atoms with E-state index < -0.39 is 0 Å². The molecule has 0 saturated heterocycles. The Morgan fingerprint density at radius 3 is 2.64 bits per heavy atom. The minimum absolute atomic E-state index is 0.177. The van der Waals surface area contributed by atoms with Gasteiger partial charge in [-0.15, -0.1) is 0 Å². The standard InChI is InChI=1S/C20H24BrNO3/c1-4-10-24-17-7-5-6-16(12-17)22-20(23)15-8-9-19(18(21)11-15)25-13-14(2)3/h5-9,11-12,14H,4,10,13H2,1-3H3,(H,22,23). The number of carbonyl (C=O) groups is 1. The van der Waals surface area contributed by atoms with E-state index in [0.29, 0.717) is 30.4 Å². The van der Waals surface area contributed by atoms with Gasteiger partial charge in [0.1, 0.15) is 11.5 Å². The molecule has 2 rings (SSSR count). The summed E-state index contributed by atoms with van der Waals surface area (Å²) in [4.78, 5) is 12.5. The van der Waals surface area contributed by atoms with E-state index in [9.17, 15) is 4.79 Å². The van der Waals surface area contributed by atoms with Crippen LogP contribution in [-0.4, -0.2) is 19.1 Å². The molecule has 0 bridgehead atoms. The van der Waals surface area contributed by atoms with E-state index in [1.165, 1.54) is 0 Å². The Morgan fingerprint density at radius 1 is 1.16 bits per heavy atom. The van der Waals surface area contributed by atoms with Crippen LogP contribution in [0.25, 0.3) is 0 Å². The summed E-state index contributed by atoms with van der Waals surface area (Å²) in [5.41, 5.74) is 1.26. The van der Waals surface area contributed by atoms with Gasteiger partial charge in [0.05, 0.1) is 17.7 Å². The lowest BCUT2D eigenvalue weighted by Crippen LogP contribution is -2.12. The first-order valence-electron chi connectivity index (χ1n) is 8.46. The number of nitrogens with one attached hydrogen (secondary N) is 1. The monoisotopic (exact) mass is 405 g/mol. The second-order valence-corrected chi connectivity index (χ2v) is 7.03. The summed E-state index contributed by atoms with van der Waals surface area (Å²) in [5.74, 6) is 1.75. The minimum Gasteiger partial charge on any atom is -0.494 e. The van der Waals surface area contributed by atoms with Crippen LogP contribution in [0.4, 0.5) is 5.69 Å². The van der Waals surface area contributed by atoms with Gasteiger partial charge in [-0.3, -0.25) is 4.79 Å². The SMILES string of the molecule is CCCOc1cccc(NC(=O)c2ccc(OCC(C)C)c(Br)c2)c1. The number of anilines is 1. The average molecular weight is 406 g/mol. The fraction of sp³-hybridized carbons (Fsp3) is 0.350. The molecule has 1 N–H and O–H groups in total. The van der Waals surface area contributed by atoms with Crippen LogP contribution >= 0.6 is 15.9 Å². The van der Waals surface area contributed by atoms with Gasteiger partial charge in [-0.2, -0.15) is 0 Å². The molecule has 2 aromatic rings. The summed E-state index contributed by atoms with van der Waals surface area (Å²) in [6.45, 7) is 7.52. The van der Waals surface area contributed by atoms with Gasteiger partial charge < -0.3 is 14.8 Å². The first-order valence-corrected chi connectivity index (χ1v) is 9.25. The van der Waals surface area contributed by atoms with Crippen LogP contribution in [0.5, 0.6) is 11.5 Å². The van der Waals surface area contributed by atoms with Crippen molar-refractivity contribution in [2.75, 3.05) is 18.5 Å². The fourth-order valence-corrected chi connectivity index (χ4v) is 2.60. The largest absolute Gasteiger partial charge is 0.494 e. The van der Waals surface area contributed by atoms with Crippen LogP contribution in [0.15, 0.2) is 46.9 Å². The van der Waals surface area contributed by atoms with Gasteiger partial charge in [0.25, 0.3) is 5.91 Å². The molecule has 5 heteroatoms. The van der Waals surface area contributed by atoms with E-state index in [1.807, 2.05) is 30.3 Å². The number of hydrogen-bond donors (Lipinski definition) is 1. The molecule has 0 aliphatic carbocycles. The normalized spacial score (nSPS) is 10.6. The van der Waals surface area contributed by atoms with Crippen molar-refractivity contribution in [2.24, 2.45) is 5.92 Å². The zero-order valence-electron chi connectivity index (χ0n) is 14.8. The lowest BCUT2D eigenvalue weighted by atomic mass is 10.2. The van der Waals surface area contributed by atoms with Crippen molar-refractivity contribution in [1.82, 2.24) is 0 Å². The van der Waals surface area contributed by atoms with Crippen molar-refractivity contribution in [1.29, 1.82) is 0 Å². The van der Waals surface area contributed by atoms with Crippen LogP contribution in [0, 0.1) is 5.92 Å². The fourth-order valence-electron chi connectivity index (χ4n) is 2.10. The molecule has 4 nitrogen and oxygen atoms in total. The van der Waals surface area contributed by atoms with E-state index in [2.05, 4.69) is 42.0 Å². The van der Waals surface area contributed by atoms with Gasteiger partial charge in [-0.25, -0.2) is 0 Å². The van der Waals surface area contributed by atoms with Crippen LogP contribution in [0.2, 0.25) is 0 Å². The minimum atomic E-state index is -0.177. The van der Waals surface area contributed by atoms with E-state index in [-0.39, 0.29) is 5.91 Å². The van der Waals surface area contributed by atoms with Crippen molar-refractivity contribution in [2.45, 2.75) is 27.2 Å². The number of hydrogen-bond acceptors (Lipinski definition) is 3. The Hall–Kier alpha value is -2.01.